The van der Waals surface area contributed by atoms with E-state index in [9.17, 15) is 4.79 Å². The molecule has 0 bridgehead atoms. The van der Waals surface area contributed by atoms with Gasteiger partial charge in [-0.25, -0.2) is 4.98 Å². The summed E-state index contributed by atoms with van der Waals surface area (Å²) < 4.78 is 5.49. The van der Waals surface area contributed by atoms with Crippen molar-refractivity contribution < 1.29 is 9.21 Å². The molecular formula is C22H16ClN3O2S. The molecule has 1 aliphatic heterocycles. The number of hydrogen-bond donors (Lipinski definition) is 1. The highest BCUT2D eigenvalue weighted by Gasteiger charge is 2.34. The number of carbonyl (C=O) groups is 1. The topological polar surface area (TPSA) is 58.4 Å². The summed E-state index contributed by atoms with van der Waals surface area (Å²) >= 11 is 7.54. The summed E-state index contributed by atoms with van der Waals surface area (Å²) in [4.78, 5) is 19.8. The van der Waals surface area contributed by atoms with E-state index in [0.717, 1.165) is 27.7 Å². The lowest BCUT2D eigenvalue weighted by Crippen LogP contribution is -2.42. The van der Waals surface area contributed by atoms with E-state index >= 15 is 0 Å². The predicted octanol–water partition coefficient (Wildman–Crippen LogP) is 5.82. The van der Waals surface area contributed by atoms with Crippen molar-refractivity contribution in [1.82, 2.24) is 9.88 Å². The molecule has 1 aliphatic rings. The Bertz CT molecular complexity index is 1160. The van der Waals surface area contributed by atoms with Crippen LogP contribution in [-0.2, 0) is 6.54 Å². The molecule has 7 heteroatoms. The van der Waals surface area contributed by atoms with Gasteiger partial charge in [0, 0.05) is 21.7 Å². The van der Waals surface area contributed by atoms with E-state index in [1.165, 1.54) is 11.3 Å². The van der Waals surface area contributed by atoms with Crippen LogP contribution in [0.2, 0.25) is 5.02 Å². The number of thiazole rings is 1. The Hall–Kier alpha value is -3.09. The first-order valence-electron chi connectivity index (χ1n) is 9.09. The molecule has 1 amide bonds. The minimum atomic E-state index is -0.389. The third kappa shape index (κ3) is 3.41. The first-order valence-corrected chi connectivity index (χ1v) is 10.3. The zero-order valence-electron chi connectivity index (χ0n) is 15.2. The number of nitrogens with one attached hydrogen (secondary N) is 1. The quantitative estimate of drug-likeness (QED) is 0.450. The van der Waals surface area contributed by atoms with Gasteiger partial charge in [0.05, 0.1) is 24.1 Å². The van der Waals surface area contributed by atoms with Gasteiger partial charge in [-0.3, -0.25) is 4.79 Å². The monoisotopic (exact) mass is 421 g/mol. The first-order chi connectivity index (χ1) is 14.2. The van der Waals surface area contributed by atoms with Crippen LogP contribution < -0.4 is 5.32 Å². The van der Waals surface area contributed by atoms with Crippen molar-refractivity contribution in [2.45, 2.75) is 12.7 Å². The van der Waals surface area contributed by atoms with Crippen LogP contribution in [0.4, 0.5) is 5.69 Å². The lowest BCUT2D eigenvalue weighted by atomic mass is 10.1. The number of rotatable bonds is 4. The fraction of sp³-hybridized carbons (Fsp3) is 0.0909. The Morgan fingerprint density at radius 2 is 1.93 bits per heavy atom. The average Bonchev–Trinajstić information content (AvgIpc) is 3.43. The summed E-state index contributed by atoms with van der Waals surface area (Å²) in [5, 5.41) is 7.01. The Labute approximate surface area is 176 Å². The van der Waals surface area contributed by atoms with Gasteiger partial charge < -0.3 is 14.6 Å². The Balaban J connectivity index is 1.52. The number of hydrogen-bond acceptors (Lipinski definition) is 5. The van der Waals surface area contributed by atoms with Crippen LogP contribution in [-0.4, -0.2) is 15.8 Å². The van der Waals surface area contributed by atoms with Crippen LogP contribution in [0.5, 0.6) is 0 Å². The molecule has 144 valence electrons. The van der Waals surface area contributed by atoms with Crippen molar-refractivity contribution in [2.24, 2.45) is 0 Å². The molecule has 0 spiro atoms. The molecule has 0 saturated carbocycles. The second-order valence-corrected chi connectivity index (χ2v) is 7.98. The highest BCUT2D eigenvalue weighted by atomic mass is 35.5. The third-order valence-electron chi connectivity index (χ3n) is 4.82. The van der Waals surface area contributed by atoms with Crippen LogP contribution in [0, 0.1) is 0 Å². The average molecular weight is 422 g/mol. The summed E-state index contributed by atoms with van der Waals surface area (Å²) in [5.74, 6) is 0.666. The van der Waals surface area contributed by atoms with Gasteiger partial charge >= 0.3 is 0 Å². The molecule has 0 aliphatic carbocycles. The van der Waals surface area contributed by atoms with E-state index in [-0.39, 0.29) is 12.1 Å². The molecule has 0 fully saturated rings. The molecule has 1 N–H and O–H groups in total. The van der Waals surface area contributed by atoms with Gasteiger partial charge in [-0.05, 0) is 36.4 Å². The molecule has 4 aromatic rings. The molecule has 2 aromatic heterocycles. The Morgan fingerprint density at radius 1 is 1.10 bits per heavy atom. The van der Waals surface area contributed by atoms with Gasteiger partial charge in [-0.1, -0.05) is 35.9 Å². The molecule has 29 heavy (non-hydrogen) atoms. The van der Waals surface area contributed by atoms with Crippen LogP contribution in [0.3, 0.4) is 0 Å². The molecule has 1 atom stereocenters. The maximum absolute atomic E-state index is 13.2. The second-order valence-electron chi connectivity index (χ2n) is 6.69. The van der Waals surface area contributed by atoms with E-state index in [0.29, 0.717) is 17.1 Å². The Morgan fingerprint density at radius 3 is 2.72 bits per heavy atom. The maximum atomic E-state index is 13.2. The van der Waals surface area contributed by atoms with Gasteiger partial charge in [0.15, 0.2) is 0 Å². The summed E-state index contributed by atoms with van der Waals surface area (Å²) in [6, 6.07) is 18.8. The van der Waals surface area contributed by atoms with Crippen molar-refractivity contribution in [3.05, 3.63) is 94.3 Å². The molecule has 0 radical (unpaired) electrons. The number of amides is 1. The summed E-state index contributed by atoms with van der Waals surface area (Å²) in [7, 11) is 0. The van der Waals surface area contributed by atoms with Crippen LogP contribution in [0.25, 0.3) is 10.6 Å². The van der Waals surface area contributed by atoms with Gasteiger partial charge in [0.25, 0.3) is 5.91 Å². The summed E-state index contributed by atoms with van der Waals surface area (Å²) in [6.07, 6.45) is 1.22. The largest absolute Gasteiger partial charge is 0.467 e. The number of aromatic nitrogens is 1. The standard InChI is InChI=1S/C22H16ClN3O2S/c23-15-9-7-14(8-10-15)21-25-19(13-29-21)20-24-18-6-2-1-5-17(18)22(27)26(20)12-16-4-3-11-28-16/h1-11,13,20,24H,12H2. The summed E-state index contributed by atoms with van der Waals surface area (Å²) in [6.45, 7) is 0.353. The molecular weight excluding hydrogens is 406 g/mol. The molecule has 3 heterocycles. The normalized spacial score (nSPS) is 15.8. The first kappa shape index (κ1) is 18.0. The predicted molar refractivity (Wildman–Crippen MR) is 114 cm³/mol. The molecule has 1 unspecified atom stereocenters. The lowest BCUT2D eigenvalue weighted by Gasteiger charge is -2.36. The minimum Gasteiger partial charge on any atom is -0.467 e. The fourth-order valence-electron chi connectivity index (χ4n) is 3.40. The van der Waals surface area contributed by atoms with E-state index in [2.05, 4.69) is 5.32 Å². The van der Waals surface area contributed by atoms with Gasteiger partial charge in [0.1, 0.15) is 16.9 Å². The van der Waals surface area contributed by atoms with E-state index in [4.69, 9.17) is 21.0 Å². The number of fused-ring (bicyclic) bond motifs is 1. The van der Waals surface area contributed by atoms with Crippen molar-refractivity contribution in [3.8, 4) is 10.6 Å². The SMILES string of the molecule is O=C1c2ccccc2NC(c2csc(-c3ccc(Cl)cc3)n2)N1Cc1ccco1. The Kier molecular flexibility index (Phi) is 4.58. The van der Waals surface area contributed by atoms with Gasteiger partial charge in [-0.2, -0.15) is 0 Å². The second kappa shape index (κ2) is 7.39. The highest BCUT2D eigenvalue weighted by molar-refractivity contribution is 7.13. The molecule has 5 rings (SSSR count). The maximum Gasteiger partial charge on any atom is 0.258 e. The smallest absolute Gasteiger partial charge is 0.258 e. The van der Waals surface area contributed by atoms with Gasteiger partial charge in [-0.15, -0.1) is 11.3 Å². The number of para-hydroxylation sites is 1. The number of halogens is 1. The third-order valence-corrected chi connectivity index (χ3v) is 5.98. The molecule has 2 aromatic carbocycles. The van der Waals surface area contributed by atoms with Crippen molar-refractivity contribution in [2.75, 3.05) is 5.32 Å². The van der Waals surface area contributed by atoms with E-state index < -0.39 is 0 Å². The lowest BCUT2D eigenvalue weighted by molar-refractivity contribution is 0.0648. The molecule has 0 saturated heterocycles. The number of benzene rings is 2. The number of carbonyl (C=O) groups excluding carboxylic acids is 1. The van der Waals surface area contributed by atoms with E-state index in [1.54, 1.807) is 11.2 Å². The van der Waals surface area contributed by atoms with Crippen LogP contribution in [0.15, 0.2) is 76.7 Å². The summed E-state index contributed by atoms with van der Waals surface area (Å²) in [5.41, 5.74) is 3.22. The number of furan rings is 1. The fourth-order valence-corrected chi connectivity index (χ4v) is 4.37. The number of anilines is 1. The van der Waals surface area contributed by atoms with Crippen molar-refractivity contribution in [3.63, 3.8) is 0 Å². The zero-order valence-corrected chi connectivity index (χ0v) is 16.8. The minimum absolute atomic E-state index is 0.0539. The van der Waals surface area contributed by atoms with Crippen molar-refractivity contribution >= 4 is 34.5 Å². The van der Waals surface area contributed by atoms with Gasteiger partial charge in [0.2, 0.25) is 0 Å². The van der Waals surface area contributed by atoms with Crippen LogP contribution >= 0.6 is 22.9 Å². The highest BCUT2D eigenvalue weighted by Crippen LogP contribution is 2.36. The van der Waals surface area contributed by atoms with Crippen LogP contribution in [0.1, 0.15) is 28.0 Å². The van der Waals surface area contributed by atoms with Crippen molar-refractivity contribution in [1.29, 1.82) is 0 Å². The zero-order chi connectivity index (χ0) is 19.8. The number of nitrogens with zero attached hydrogens (tertiary/aromatic N) is 2. The molecule has 5 nitrogen and oxygen atoms in total. The van der Waals surface area contributed by atoms with E-state index in [1.807, 2.05) is 66.0 Å².